The first-order valence-electron chi connectivity index (χ1n) is 5.36. The smallest absolute Gasteiger partial charge is 0.254 e. The van der Waals surface area contributed by atoms with E-state index < -0.39 is 17.5 Å². The van der Waals surface area contributed by atoms with Gasteiger partial charge in [0.15, 0.2) is 0 Å². The Morgan fingerprint density at radius 3 is 2.65 bits per heavy atom. The first-order valence-corrected chi connectivity index (χ1v) is 6.48. The Hall–Kier alpha value is -0.970. The molecule has 0 saturated heterocycles. The summed E-state index contributed by atoms with van der Waals surface area (Å²) in [5.41, 5.74) is 0.0170. The van der Waals surface area contributed by atoms with Gasteiger partial charge in [-0.2, -0.15) is 0 Å². The van der Waals surface area contributed by atoms with Crippen molar-refractivity contribution in [2.45, 2.75) is 12.8 Å². The number of carbonyl (C=O) groups excluding carboxylic acids is 1. The molecule has 1 fully saturated rings. The van der Waals surface area contributed by atoms with Crippen molar-refractivity contribution in [3.05, 3.63) is 35.4 Å². The fourth-order valence-electron chi connectivity index (χ4n) is 1.57. The number of hydrogen-bond acceptors (Lipinski definition) is 1. The molecule has 1 amide bonds. The molecular weight excluding hydrogens is 292 g/mol. The normalized spacial score (nSPS) is 16.6. The van der Waals surface area contributed by atoms with E-state index in [2.05, 4.69) is 21.2 Å². The van der Waals surface area contributed by atoms with Crippen molar-refractivity contribution in [3.63, 3.8) is 0 Å². The molecule has 1 aromatic rings. The molecule has 1 N–H and O–H groups in total. The van der Waals surface area contributed by atoms with Gasteiger partial charge in [0.1, 0.15) is 11.6 Å². The lowest BCUT2D eigenvalue weighted by Crippen LogP contribution is -2.31. The predicted molar refractivity (Wildman–Crippen MR) is 64.2 cm³/mol. The molecule has 0 unspecified atom stereocenters. The van der Waals surface area contributed by atoms with Crippen molar-refractivity contribution in [1.29, 1.82) is 0 Å². The van der Waals surface area contributed by atoms with E-state index >= 15 is 0 Å². The van der Waals surface area contributed by atoms with E-state index in [9.17, 15) is 13.6 Å². The Bertz CT molecular complexity index is 446. The molecule has 0 atom stereocenters. The van der Waals surface area contributed by atoms with Crippen molar-refractivity contribution >= 4 is 21.8 Å². The van der Waals surface area contributed by atoms with Crippen LogP contribution in [0.1, 0.15) is 23.2 Å². The van der Waals surface area contributed by atoms with E-state index in [-0.39, 0.29) is 11.0 Å². The third-order valence-electron chi connectivity index (χ3n) is 3.04. The summed E-state index contributed by atoms with van der Waals surface area (Å²) in [6.45, 7) is 0.522. The number of alkyl halides is 1. The lowest BCUT2D eigenvalue weighted by Gasteiger charge is -2.12. The molecular formula is C12H12BrF2NO. The van der Waals surface area contributed by atoms with Crippen molar-refractivity contribution in [1.82, 2.24) is 5.32 Å². The van der Waals surface area contributed by atoms with Gasteiger partial charge in [-0.15, -0.1) is 0 Å². The monoisotopic (exact) mass is 303 g/mol. The Kier molecular flexibility index (Phi) is 3.47. The maximum atomic E-state index is 13.3. The SMILES string of the molecule is O=C(NCC1(CBr)CC1)c1ccc(F)cc1F. The zero-order valence-corrected chi connectivity index (χ0v) is 10.7. The van der Waals surface area contributed by atoms with Crippen molar-refractivity contribution in [3.8, 4) is 0 Å². The molecule has 0 aromatic heterocycles. The van der Waals surface area contributed by atoms with E-state index in [0.29, 0.717) is 12.6 Å². The zero-order valence-electron chi connectivity index (χ0n) is 9.10. The van der Waals surface area contributed by atoms with E-state index in [4.69, 9.17) is 0 Å². The quantitative estimate of drug-likeness (QED) is 0.852. The second-order valence-corrected chi connectivity index (χ2v) is 5.00. The number of halogens is 3. The largest absolute Gasteiger partial charge is 0.351 e. The second-order valence-electron chi connectivity index (χ2n) is 4.44. The van der Waals surface area contributed by atoms with E-state index in [1.54, 1.807) is 0 Å². The lowest BCUT2D eigenvalue weighted by atomic mass is 10.1. The second kappa shape index (κ2) is 4.72. The highest BCUT2D eigenvalue weighted by molar-refractivity contribution is 9.09. The molecule has 0 radical (unpaired) electrons. The maximum Gasteiger partial charge on any atom is 0.254 e. The van der Waals surface area contributed by atoms with Crippen LogP contribution in [-0.4, -0.2) is 17.8 Å². The molecule has 92 valence electrons. The standard InChI is InChI=1S/C12H12BrF2NO/c13-6-12(3-4-12)7-16-11(17)9-2-1-8(14)5-10(9)15/h1-2,5H,3-4,6-7H2,(H,16,17). The van der Waals surface area contributed by atoms with Gasteiger partial charge in [0.05, 0.1) is 5.56 Å². The number of hydrogen-bond donors (Lipinski definition) is 1. The molecule has 2 rings (SSSR count). The molecule has 1 aliphatic carbocycles. The first kappa shape index (κ1) is 12.5. The predicted octanol–water partition coefficient (Wildman–Crippen LogP) is 2.87. The number of carbonyl (C=O) groups is 1. The minimum atomic E-state index is -0.828. The fourth-order valence-corrected chi connectivity index (χ4v) is 2.33. The van der Waals surface area contributed by atoms with Crippen molar-refractivity contribution in [2.75, 3.05) is 11.9 Å². The van der Waals surface area contributed by atoms with Crippen LogP contribution in [0.5, 0.6) is 0 Å². The molecule has 1 aromatic carbocycles. The summed E-state index contributed by atoms with van der Waals surface area (Å²) in [7, 11) is 0. The zero-order chi connectivity index (χ0) is 12.5. The summed E-state index contributed by atoms with van der Waals surface area (Å²) < 4.78 is 26.0. The van der Waals surface area contributed by atoms with Crippen LogP contribution in [-0.2, 0) is 0 Å². The molecule has 17 heavy (non-hydrogen) atoms. The highest BCUT2D eigenvalue weighted by Crippen LogP contribution is 2.46. The van der Waals surface area contributed by atoms with E-state index in [1.807, 2.05) is 0 Å². The molecule has 1 saturated carbocycles. The van der Waals surface area contributed by atoms with Crippen LogP contribution in [0.3, 0.4) is 0 Å². The summed E-state index contributed by atoms with van der Waals surface area (Å²) in [4.78, 5) is 11.7. The van der Waals surface area contributed by atoms with Gasteiger partial charge in [-0.1, -0.05) is 15.9 Å². The molecule has 0 bridgehead atoms. The first-order chi connectivity index (χ1) is 8.06. The topological polar surface area (TPSA) is 29.1 Å². The molecule has 0 aliphatic heterocycles. The van der Waals surface area contributed by atoms with Crippen LogP contribution in [0.2, 0.25) is 0 Å². The van der Waals surface area contributed by atoms with Crippen LogP contribution in [0.25, 0.3) is 0 Å². The summed E-state index contributed by atoms with van der Waals surface area (Å²) in [6.07, 6.45) is 2.12. The summed E-state index contributed by atoms with van der Waals surface area (Å²) in [5.74, 6) is -2.00. The Balaban J connectivity index is 2.00. The lowest BCUT2D eigenvalue weighted by molar-refractivity contribution is 0.0942. The van der Waals surface area contributed by atoms with Crippen LogP contribution < -0.4 is 5.32 Å². The Labute approximate surface area is 107 Å². The van der Waals surface area contributed by atoms with E-state index in [0.717, 1.165) is 30.3 Å². The highest BCUT2D eigenvalue weighted by Gasteiger charge is 2.41. The van der Waals surface area contributed by atoms with Gasteiger partial charge in [-0.3, -0.25) is 4.79 Å². The third-order valence-corrected chi connectivity index (χ3v) is 4.23. The Morgan fingerprint density at radius 1 is 1.41 bits per heavy atom. The number of benzene rings is 1. The summed E-state index contributed by atoms with van der Waals surface area (Å²) in [5, 5.41) is 3.51. The highest BCUT2D eigenvalue weighted by atomic mass is 79.9. The molecule has 2 nitrogen and oxygen atoms in total. The van der Waals surface area contributed by atoms with Gasteiger partial charge in [-0.25, -0.2) is 8.78 Å². The van der Waals surface area contributed by atoms with Gasteiger partial charge in [0.2, 0.25) is 0 Å². The average molecular weight is 304 g/mol. The number of amides is 1. The van der Waals surface area contributed by atoms with Gasteiger partial charge >= 0.3 is 0 Å². The fraction of sp³-hybridized carbons (Fsp3) is 0.417. The molecule has 5 heteroatoms. The maximum absolute atomic E-state index is 13.3. The van der Waals surface area contributed by atoms with E-state index in [1.165, 1.54) is 0 Å². The number of nitrogens with one attached hydrogen (secondary N) is 1. The molecule has 0 spiro atoms. The van der Waals surface area contributed by atoms with Crippen LogP contribution >= 0.6 is 15.9 Å². The summed E-state index contributed by atoms with van der Waals surface area (Å²) in [6, 6.07) is 2.95. The Morgan fingerprint density at radius 2 is 2.12 bits per heavy atom. The summed E-state index contributed by atoms with van der Waals surface area (Å²) >= 11 is 3.39. The van der Waals surface area contributed by atoms with Crippen LogP contribution in [0.15, 0.2) is 18.2 Å². The van der Waals surface area contributed by atoms with Crippen molar-refractivity contribution < 1.29 is 13.6 Å². The van der Waals surface area contributed by atoms with Crippen molar-refractivity contribution in [2.24, 2.45) is 5.41 Å². The van der Waals surface area contributed by atoms with Gasteiger partial charge < -0.3 is 5.32 Å². The van der Waals surface area contributed by atoms with Gasteiger partial charge in [-0.05, 0) is 30.4 Å². The average Bonchev–Trinajstić information content (AvgIpc) is 3.07. The van der Waals surface area contributed by atoms with Crippen LogP contribution in [0, 0.1) is 17.0 Å². The van der Waals surface area contributed by atoms with Crippen LogP contribution in [0.4, 0.5) is 8.78 Å². The minimum absolute atomic E-state index is 0.114. The molecule has 0 heterocycles. The van der Waals surface area contributed by atoms with Gasteiger partial charge in [0.25, 0.3) is 5.91 Å². The number of rotatable bonds is 4. The third kappa shape index (κ3) is 2.83. The molecule has 1 aliphatic rings. The van der Waals surface area contributed by atoms with Gasteiger partial charge in [0, 0.05) is 17.9 Å². The minimum Gasteiger partial charge on any atom is -0.351 e.